The predicted molar refractivity (Wildman–Crippen MR) is 79.6 cm³/mol. The lowest BCUT2D eigenvalue weighted by Crippen LogP contribution is -2.14. The van der Waals surface area contributed by atoms with Crippen LogP contribution >= 0.6 is 28.1 Å². The summed E-state index contributed by atoms with van der Waals surface area (Å²) in [6.45, 7) is 1.69. The molecule has 0 amide bonds. The molecule has 17 heavy (non-hydrogen) atoms. The average molecular weight is 317 g/mol. The van der Waals surface area contributed by atoms with Crippen molar-refractivity contribution in [1.82, 2.24) is 0 Å². The first-order valence-corrected chi connectivity index (χ1v) is 6.67. The third-order valence-electron chi connectivity index (χ3n) is 2.34. The van der Waals surface area contributed by atoms with E-state index < -0.39 is 0 Å². The van der Waals surface area contributed by atoms with Gasteiger partial charge in [-0.15, -0.1) is 0 Å². The fraction of sp³-hybridized carbons (Fsp3) is 0.417. The molecule has 0 saturated carbocycles. The Bertz CT molecular complexity index is 385. The highest BCUT2D eigenvalue weighted by molar-refractivity contribution is 9.10. The van der Waals surface area contributed by atoms with E-state index in [4.69, 9.17) is 22.7 Å². The van der Waals surface area contributed by atoms with Crippen LogP contribution in [-0.4, -0.2) is 25.2 Å². The number of hydrogen-bond donors (Lipinski definition) is 2. The van der Waals surface area contributed by atoms with Crippen molar-refractivity contribution in [2.45, 2.75) is 12.8 Å². The molecule has 1 aromatic rings. The van der Waals surface area contributed by atoms with Gasteiger partial charge >= 0.3 is 0 Å². The molecule has 0 fully saturated rings. The Morgan fingerprint density at radius 1 is 1.47 bits per heavy atom. The molecule has 0 aliphatic carbocycles. The summed E-state index contributed by atoms with van der Waals surface area (Å²) in [6, 6.07) is 5.88. The quantitative estimate of drug-likeness (QED) is 0.600. The number of anilines is 1. The van der Waals surface area contributed by atoms with Crippen LogP contribution in [0.5, 0.6) is 0 Å². The Morgan fingerprint density at radius 3 is 2.88 bits per heavy atom. The molecule has 0 saturated heterocycles. The van der Waals surface area contributed by atoms with Crippen LogP contribution in [0.2, 0.25) is 0 Å². The molecule has 94 valence electrons. The van der Waals surface area contributed by atoms with Crippen molar-refractivity contribution < 1.29 is 4.74 Å². The zero-order valence-electron chi connectivity index (χ0n) is 9.83. The van der Waals surface area contributed by atoms with E-state index in [1.807, 2.05) is 18.2 Å². The van der Waals surface area contributed by atoms with Gasteiger partial charge in [-0.2, -0.15) is 0 Å². The van der Waals surface area contributed by atoms with Gasteiger partial charge in [-0.25, -0.2) is 0 Å². The molecule has 1 rings (SSSR count). The minimum absolute atomic E-state index is 0.408. The summed E-state index contributed by atoms with van der Waals surface area (Å²) >= 11 is 8.43. The minimum atomic E-state index is 0.408. The normalized spacial score (nSPS) is 10.2. The second-order valence-electron chi connectivity index (χ2n) is 3.68. The third-order valence-corrected chi connectivity index (χ3v) is 3.05. The molecule has 0 aromatic heterocycles. The van der Waals surface area contributed by atoms with Crippen LogP contribution in [0.15, 0.2) is 22.7 Å². The van der Waals surface area contributed by atoms with Crippen LogP contribution in [0.4, 0.5) is 5.69 Å². The number of methoxy groups -OCH3 is 1. The molecular formula is C12H17BrN2OS. The van der Waals surface area contributed by atoms with E-state index >= 15 is 0 Å². The molecule has 1 aromatic carbocycles. The van der Waals surface area contributed by atoms with E-state index in [1.54, 1.807) is 7.11 Å². The molecule has 3 N–H and O–H groups in total. The fourth-order valence-electron chi connectivity index (χ4n) is 1.47. The summed E-state index contributed by atoms with van der Waals surface area (Å²) in [6.07, 6.45) is 2.10. The Morgan fingerprint density at radius 2 is 2.24 bits per heavy atom. The molecule has 0 atom stereocenters. The number of benzene rings is 1. The van der Waals surface area contributed by atoms with Crippen molar-refractivity contribution in [2.24, 2.45) is 5.73 Å². The Balaban J connectivity index is 2.55. The summed E-state index contributed by atoms with van der Waals surface area (Å²) in [5, 5.41) is 3.34. The molecular weight excluding hydrogens is 300 g/mol. The second-order valence-corrected chi connectivity index (χ2v) is 5.04. The summed E-state index contributed by atoms with van der Waals surface area (Å²) in [4.78, 5) is 0.408. The first-order chi connectivity index (χ1) is 8.15. The molecule has 0 aliphatic heterocycles. The molecule has 0 bridgehead atoms. The summed E-state index contributed by atoms with van der Waals surface area (Å²) in [7, 11) is 1.72. The van der Waals surface area contributed by atoms with Crippen molar-refractivity contribution in [3.63, 3.8) is 0 Å². The van der Waals surface area contributed by atoms with E-state index in [-0.39, 0.29) is 0 Å². The second kappa shape index (κ2) is 7.63. The molecule has 3 nitrogen and oxygen atoms in total. The van der Waals surface area contributed by atoms with E-state index in [1.165, 1.54) is 0 Å². The van der Waals surface area contributed by atoms with Gasteiger partial charge in [0.05, 0.1) is 0 Å². The molecule has 0 spiro atoms. The Kier molecular flexibility index (Phi) is 6.47. The van der Waals surface area contributed by atoms with E-state index in [9.17, 15) is 0 Å². The lowest BCUT2D eigenvalue weighted by atomic mass is 10.1. The number of rotatable bonds is 7. The minimum Gasteiger partial charge on any atom is -0.389 e. The first kappa shape index (κ1) is 14.4. The smallest absolute Gasteiger partial charge is 0.106 e. The zero-order valence-corrected chi connectivity index (χ0v) is 12.2. The van der Waals surface area contributed by atoms with Gasteiger partial charge in [-0.1, -0.05) is 28.1 Å². The lowest BCUT2D eigenvalue weighted by Gasteiger charge is -2.11. The van der Waals surface area contributed by atoms with Crippen LogP contribution in [0.1, 0.15) is 18.4 Å². The number of halogens is 1. The molecule has 0 radical (unpaired) electrons. The summed E-state index contributed by atoms with van der Waals surface area (Å²) in [5.74, 6) is 0. The van der Waals surface area contributed by atoms with Crippen molar-refractivity contribution in [3.8, 4) is 0 Å². The van der Waals surface area contributed by atoms with Crippen LogP contribution in [0.25, 0.3) is 0 Å². The van der Waals surface area contributed by atoms with Gasteiger partial charge in [-0.3, -0.25) is 0 Å². The zero-order chi connectivity index (χ0) is 12.7. The highest BCUT2D eigenvalue weighted by atomic mass is 79.9. The van der Waals surface area contributed by atoms with Gasteiger partial charge < -0.3 is 15.8 Å². The lowest BCUT2D eigenvalue weighted by molar-refractivity contribution is 0.194. The van der Waals surface area contributed by atoms with Gasteiger partial charge in [0.1, 0.15) is 4.99 Å². The van der Waals surface area contributed by atoms with Crippen LogP contribution in [0.3, 0.4) is 0 Å². The van der Waals surface area contributed by atoms with E-state index in [0.29, 0.717) is 4.99 Å². The highest BCUT2D eigenvalue weighted by Gasteiger charge is 2.05. The van der Waals surface area contributed by atoms with Crippen molar-refractivity contribution in [2.75, 3.05) is 25.6 Å². The van der Waals surface area contributed by atoms with Crippen molar-refractivity contribution in [1.29, 1.82) is 0 Å². The van der Waals surface area contributed by atoms with Gasteiger partial charge in [0.2, 0.25) is 0 Å². The SMILES string of the molecule is COCCCCNc1ccc(Br)cc1C(N)=S. The highest BCUT2D eigenvalue weighted by Crippen LogP contribution is 2.21. The topological polar surface area (TPSA) is 47.3 Å². The standard InChI is InChI=1S/C12H17BrN2OS/c1-16-7-3-2-6-15-11-5-4-9(13)8-10(11)12(14)17/h4-5,8,15H,2-3,6-7H2,1H3,(H2,14,17). The molecule has 5 heteroatoms. The molecule has 0 heterocycles. The first-order valence-electron chi connectivity index (χ1n) is 5.47. The van der Waals surface area contributed by atoms with Gasteiger partial charge in [0.25, 0.3) is 0 Å². The Labute approximate surface area is 116 Å². The van der Waals surface area contributed by atoms with Crippen LogP contribution in [0, 0.1) is 0 Å². The maximum absolute atomic E-state index is 5.69. The van der Waals surface area contributed by atoms with Crippen molar-refractivity contribution in [3.05, 3.63) is 28.2 Å². The number of nitrogens with one attached hydrogen (secondary N) is 1. The largest absolute Gasteiger partial charge is 0.389 e. The average Bonchev–Trinajstić information content (AvgIpc) is 2.30. The maximum Gasteiger partial charge on any atom is 0.106 e. The van der Waals surface area contributed by atoms with Gasteiger partial charge in [0, 0.05) is 36.0 Å². The number of hydrogen-bond acceptors (Lipinski definition) is 3. The number of ether oxygens (including phenoxy) is 1. The summed E-state index contributed by atoms with van der Waals surface area (Å²) in [5.41, 5.74) is 7.55. The molecule has 0 unspecified atom stereocenters. The fourth-order valence-corrected chi connectivity index (χ4v) is 2.00. The summed E-state index contributed by atoms with van der Waals surface area (Å²) < 4.78 is 5.97. The number of nitrogens with two attached hydrogens (primary N) is 1. The molecule has 0 aliphatic rings. The maximum atomic E-state index is 5.69. The van der Waals surface area contributed by atoms with Gasteiger partial charge in [0.15, 0.2) is 0 Å². The van der Waals surface area contributed by atoms with E-state index in [0.717, 1.165) is 41.7 Å². The Hall–Kier alpha value is -0.650. The predicted octanol–water partition coefficient (Wildman–Crippen LogP) is 2.92. The number of unbranched alkanes of at least 4 members (excludes halogenated alkanes) is 1. The van der Waals surface area contributed by atoms with Gasteiger partial charge in [-0.05, 0) is 31.0 Å². The third kappa shape index (κ3) is 5.02. The number of thiocarbonyl (C=S) groups is 1. The monoisotopic (exact) mass is 316 g/mol. The van der Waals surface area contributed by atoms with E-state index in [2.05, 4.69) is 21.2 Å². The van der Waals surface area contributed by atoms with Crippen LogP contribution in [-0.2, 0) is 4.74 Å². The van der Waals surface area contributed by atoms with Crippen molar-refractivity contribution >= 4 is 38.8 Å². The van der Waals surface area contributed by atoms with Crippen LogP contribution < -0.4 is 11.1 Å².